The zero-order valence-corrected chi connectivity index (χ0v) is 15.0. The molecule has 0 aliphatic carbocycles. The molecule has 0 unspecified atom stereocenters. The Morgan fingerprint density at radius 1 is 1.28 bits per heavy atom. The first-order valence-corrected chi connectivity index (χ1v) is 8.42. The summed E-state index contributed by atoms with van der Waals surface area (Å²) in [6.45, 7) is 2.69. The van der Waals surface area contributed by atoms with E-state index in [2.05, 4.69) is 0 Å². The molecule has 0 radical (unpaired) electrons. The molecule has 3 rings (SSSR count). The molecule has 5 nitrogen and oxygen atoms in total. The van der Waals surface area contributed by atoms with E-state index in [1.807, 2.05) is 37.3 Å². The number of benzene rings is 2. The van der Waals surface area contributed by atoms with Gasteiger partial charge in [0.15, 0.2) is 24.2 Å². The molecule has 2 aromatic carbocycles. The Morgan fingerprint density at radius 2 is 2.04 bits per heavy atom. The molecule has 1 aliphatic heterocycles. The van der Waals surface area contributed by atoms with E-state index in [4.69, 9.17) is 25.8 Å². The van der Waals surface area contributed by atoms with Gasteiger partial charge < -0.3 is 19.1 Å². The van der Waals surface area contributed by atoms with Crippen LogP contribution < -0.4 is 14.2 Å². The minimum absolute atomic E-state index is 0.0399. The fourth-order valence-corrected chi connectivity index (χ4v) is 2.64. The predicted molar refractivity (Wildman–Crippen MR) is 95.7 cm³/mol. The number of halogens is 1. The lowest BCUT2D eigenvalue weighted by atomic mass is 10.2. The van der Waals surface area contributed by atoms with Crippen LogP contribution in [0.4, 0.5) is 0 Å². The van der Waals surface area contributed by atoms with Crippen molar-refractivity contribution in [2.45, 2.75) is 13.0 Å². The number of fused-ring (bicyclic) bond motifs is 1. The van der Waals surface area contributed by atoms with Crippen LogP contribution in [0, 0.1) is 6.92 Å². The Balaban J connectivity index is 1.50. The zero-order chi connectivity index (χ0) is 17.8. The van der Waals surface area contributed by atoms with Crippen LogP contribution in [0.15, 0.2) is 42.5 Å². The third-order valence-electron chi connectivity index (χ3n) is 3.96. The molecule has 0 saturated heterocycles. The highest BCUT2D eigenvalue weighted by Crippen LogP contribution is 2.31. The third-order valence-corrected chi connectivity index (χ3v) is 4.39. The van der Waals surface area contributed by atoms with Gasteiger partial charge in [-0.2, -0.15) is 0 Å². The fraction of sp³-hybridized carbons (Fsp3) is 0.316. The van der Waals surface area contributed by atoms with E-state index in [9.17, 15) is 4.79 Å². The molecule has 6 heteroatoms. The molecule has 2 aromatic rings. The van der Waals surface area contributed by atoms with Crippen LogP contribution in [0.5, 0.6) is 17.2 Å². The zero-order valence-electron chi connectivity index (χ0n) is 14.2. The number of hydrogen-bond donors (Lipinski definition) is 0. The maximum Gasteiger partial charge on any atom is 0.260 e. The van der Waals surface area contributed by atoms with Gasteiger partial charge in [0.2, 0.25) is 0 Å². The number of hydrogen-bond acceptors (Lipinski definition) is 4. The Hall–Kier alpha value is -2.40. The number of carbonyl (C=O) groups excluding carboxylic acids is 1. The molecule has 0 aromatic heterocycles. The molecule has 0 saturated carbocycles. The Morgan fingerprint density at radius 3 is 2.80 bits per heavy atom. The first-order chi connectivity index (χ1) is 12.0. The molecule has 1 heterocycles. The number of rotatable bonds is 5. The van der Waals surface area contributed by atoms with E-state index < -0.39 is 0 Å². The largest absolute Gasteiger partial charge is 0.486 e. The van der Waals surface area contributed by atoms with Crippen molar-refractivity contribution in [3.63, 3.8) is 0 Å². The number of ether oxygens (including phenoxy) is 3. The van der Waals surface area contributed by atoms with Gasteiger partial charge in [0.25, 0.3) is 5.91 Å². The summed E-state index contributed by atoms with van der Waals surface area (Å²) in [7, 11) is 1.72. The fourth-order valence-electron chi connectivity index (χ4n) is 2.52. The van der Waals surface area contributed by atoms with E-state index in [1.54, 1.807) is 24.1 Å². The van der Waals surface area contributed by atoms with Gasteiger partial charge in [-0.15, -0.1) is 0 Å². The van der Waals surface area contributed by atoms with Crippen LogP contribution in [-0.4, -0.2) is 43.7 Å². The Labute approximate surface area is 152 Å². The summed E-state index contributed by atoms with van der Waals surface area (Å²) in [4.78, 5) is 13.9. The molecule has 0 N–H and O–H groups in total. The third kappa shape index (κ3) is 4.37. The van der Waals surface area contributed by atoms with Crippen molar-refractivity contribution in [1.82, 2.24) is 4.90 Å². The second kappa shape index (κ2) is 7.66. The standard InChI is InChI=1S/C19H20ClNO4/c1-13-9-14(7-8-16(13)20)23-12-19(22)21(2)10-15-11-24-17-5-3-4-6-18(17)25-15/h3-9,15H,10-12H2,1-2H3/t15-/m0/s1. The van der Waals surface area contributed by atoms with E-state index >= 15 is 0 Å². The lowest BCUT2D eigenvalue weighted by molar-refractivity contribution is -0.133. The van der Waals surface area contributed by atoms with Crippen molar-refractivity contribution in [2.24, 2.45) is 0 Å². The number of carbonyl (C=O) groups is 1. The second-order valence-corrected chi connectivity index (χ2v) is 6.38. The predicted octanol–water partition coefficient (Wildman–Crippen LogP) is 3.33. The quantitative estimate of drug-likeness (QED) is 0.819. The highest BCUT2D eigenvalue weighted by molar-refractivity contribution is 6.31. The van der Waals surface area contributed by atoms with Crippen LogP contribution in [0.1, 0.15) is 5.56 Å². The van der Waals surface area contributed by atoms with Gasteiger partial charge in [-0.1, -0.05) is 23.7 Å². The first-order valence-electron chi connectivity index (χ1n) is 8.04. The summed E-state index contributed by atoms with van der Waals surface area (Å²) in [6.07, 6.45) is -0.207. The van der Waals surface area contributed by atoms with Crippen LogP contribution in [0.3, 0.4) is 0 Å². The van der Waals surface area contributed by atoms with Gasteiger partial charge in [-0.25, -0.2) is 0 Å². The van der Waals surface area contributed by atoms with Gasteiger partial charge >= 0.3 is 0 Å². The van der Waals surface area contributed by atoms with Crippen molar-refractivity contribution in [2.75, 3.05) is 26.8 Å². The smallest absolute Gasteiger partial charge is 0.260 e. The van der Waals surface area contributed by atoms with Crippen LogP contribution >= 0.6 is 11.6 Å². The summed E-state index contributed by atoms with van der Waals surface area (Å²) in [5.74, 6) is 1.92. The van der Waals surface area contributed by atoms with E-state index in [-0.39, 0.29) is 18.6 Å². The Bertz CT molecular complexity index is 765. The average molecular weight is 362 g/mol. The second-order valence-electron chi connectivity index (χ2n) is 5.97. The summed E-state index contributed by atoms with van der Waals surface area (Å²) >= 11 is 5.98. The monoisotopic (exact) mass is 361 g/mol. The highest BCUT2D eigenvalue weighted by atomic mass is 35.5. The molecule has 1 amide bonds. The normalized spacial score (nSPS) is 15.6. The number of likely N-dealkylation sites (N-methyl/N-ethyl adjacent to an activating group) is 1. The van der Waals surface area contributed by atoms with E-state index in [0.29, 0.717) is 29.7 Å². The van der Waals surface area contributed by atoms with Crippen molar-refractivity contribution >= 4 is 17.5 Å². The summed E-state index contributed by atoms with van der Waals surface area (Å²) in [5, 5.41) is 0.672. The van der Waals surface area contributed by atoms with Crippen molar-refractivity contribution in [3.05, 3.63) is 53.1 Å². The molecular weight excluding hydrogens is 342 g/mol. The number of aryl methyl sites for hydroxylation is 1. The molecule has 1 aliphatic rings. The van der Waals surface area contributed by atoms with Gasteiger partial charge in [-0.05, 0) is 42.8 Å². The molecular formula is C19H20ClNO4. The van der Waals surface area contributed by atoms with E-state index in [0.717, 1.165) is 11.3 Å². The van der Waals surface area contributed by atoms with Crippen molar-refractivity contribution < 1.29 is 19.0 Å². The molecule has 0 spiro atoms. The minimum atomic E-state index is -0.207. The van der Waals surface area contributed by atoms with Crippen LogP contribution in [-0.2, 0) is 4.79 Å². The maximum atomic E-state index is 12.3. The average Bonchev–Trinajstić information content (AvgIpc) is 2.62. The van der Waals surface area contributed by atoms with Crippen molar-refractivity contribution in [1.29, 1.82) is 0 Å². The van der Waals surface area contributed by atoms with E-state index in [1.165, 1.54) is 0 Å². The number of amides is 1. The molecule has 0 fully saturated rings. The Kier molecular flexibility index (Phi) is 5.34. The lowest BCUT2D eigenvalue weighted by Crippen LogP contribution is -2.43. The van der Waals surface area contributed by atoms with Gasteiger partial charge in [0.05, 0.1) is 6.54 Å². The summed E-state index contributed by atoms with van der Waals surface area (Å²) in [6, 6.07) is 12.8. The molecule has 1 atom stereocenters. The molecule has 25 heavy (non-hydrogen) atoms. The molecule has 0 bridgehead atoms. The number of nitrogens with zero attached hydrogens (tertiary/aromatic N) is 1. The molecule has 132 valence electrons. The minimum Gasteiger partial charge on any atom is -0.486 e. The number of para-hydroxylation sites is 2. The summed E-state index contributed by atoms with van der Waals surface area (Å²) < 4.78 is 17.1. The first kappa shape index (κ1) is 17.4. The lowest BCUT2D eigenvalue weighted by Gasteiger charge is -2.29. The van der Waals surface area contributed by atoms with Crippen LogP contribution in [0.25, 0.3) is 0 Å². The summed E-state index contributed by atoms with van der Waals surface area (Å²) in [5.41, 5.74) is 0.909. The van der Waals surface area contributed by atoms with Gasteiger partial charge in [0.1, 0.15) is 12.4 Å². The highest BCUT2D eigenvalue weighted by Gasteiger charge is 2.23. The maximum absolute atomic E-state index is 12.3. The van der Waals surface area contributed by atoms with Gasteiger partial charge in [0, 0.05) is 12.1 Å². The SMILES string of the molecule is Cc1cc(OCC(=O)N(C)C[C@H]2COc3ccccc3O2)ccc1Cl. The van der Waals surface area contributed by atoms with Crippen LogP contribution in [0.2, 0.25) is 5.02 Å². The topological polar surface area (TPSA) is 48.0 Å². The van der Waals surface area contributed by atoms with Crippen molar-refractivity contribution in [3.8, 4) is 17.2 Å². The van der Waals surface area contributed by atoms with Gasteiger partial charge in [-0.3, -0.25) is 4.79 Å².